The van der Waals surface area contributed by atoms with Crippen LogP contribution in [-0.4, -0.2) is 40.0 Å². The molecule has 3 rings (SSSR count). The summed E-state index contributed by atoms with van der Waals surface area (Å²) in [6, 6.07) is 5.38. The van der Waals surface area contributed by atoms with E-state index in [4.69, 9.17) is 4.74 Å². The van der Waals surface area contributed by atoms with Crippen molar-refractivity contribution in [2.75, 3.05) is 18.1 Å². The second-order valence-electron chi connectivity index (χ2n) is 5.51. The van der Waals surface area contributed by atoms with Crippen molar-refractivity contribution >= 4 is 45.4 Å². The first kappa shape index (κ1) is 15.7. The average Bonchev–Trinajstić information content (AvgIpc) is 2.86. The molecule has 0 saturated carbocycles. The van der Waals surface area contributed by atoms with Crippen LogP contribution in [0.4, 0.5) is 0 Å². The monoisotopic (exact) mass is 388 g/mol. The van der Waals surface area contributed by atoms with Crippen LogP contribution in [0.3, 0.4) is 0 Å². The van der Waals surface area contributed by atoms with Crippen LogP contribution in [0.1, 0.15) is 29.6 Å². The van der Waals surface area contributed by atoms with Gasteiger partial charge in [-0.25, -0.2) is 4.79 Å². The molecule has 2 atom stereocenters. The minimum Gasteiger partial charge on any atom is -0.478 e. The van der Waals surface area contributed by atoms with Crippen LogP contribution in [0, 0.1) is 0 Å². The molecule has 0 radical (unpaired) electrons. The summed E-state index contributed by atoms with van der Waals surface area (Å²) >= 11 is 7.09. The molecule has 2 heterocycles. The zero-order chi connectivity index (χ0) is 14.9. The molecule has 2 unspecified atom stereocenters. The molecule has 114 valence electrons. The fraction of sp³-hybridized carbons (Fsp3) is 0.533. The number of thioether (sulfide) groups is 2. The maximum absolute atomic E-state index is 11.4. The number of carboxylic acid groups (broad SMARTS) is 1. The van der Waals surface area contributed by atoms with Gasteiger partial charge in [-0.05, 0) is 43.2 Å². The van der Waals surface area contributed by atoms with E-state index in [9.17, 15) is 9.90 Å². The van der Waals surface area contributed by atoms with Crippen molar-refractivity contribution in [1.82, 2.24) is 0 Å². The normalized spacial score (nSPS) is 28.9. The number of rotatable bonds is 3. The number of halogens is 1. The van der Waals surface area contributed by atoms with Gasteiger partial charge in [0.2, 0.25) is 0 Å². The lowest BCUT2D eigenvalue weighted by atomic mass is 9.93. The first-order valence-electron chi connectivity index (χ1n) is 6.99. The van der Waals surface area contributed by atoms with Gasteiger partial charge >= 0.3 is 5.97 Å². The highest BCUT2D eigenvalue weighted by Gasteiger charge is 2.40. The SMILES string of the molecule is O=C(O)c1ccc(Br)cc1SC1CCOC2(CCSC2)C1. The lowest BCUT2D eigenvalue weighted by Gasteiger charge is -2.37. The molecular weight excluding hydrogens is 372 g/mol. The van der Waals surface area contributed by atoms with Crippen LogP contribution in [0.5, 0.6) is 0 Å². The number of hydrogen-bond acceptors (Lipinski definition) is 4. The Hall–Kier alpha value is -0.170. The van der Waals surface area contributed by atoms with Crippen molar-refractivity contribution in [3.05, 3.63) is 28.2 Å². The van der Waals surface area contributed by atoms with E-state index in [1.807, 2.05) is 17.8 Å². The zero-order valence-electron chi connectivity index (χ0n) is 11.5. The van der Waals surface area contributed by atoms with E-state index in [1.165, 1.54) is 5.75 Å². The first-order chi connectivity index (χ1) is 10.1. The summed E-state index contributed by atoms with van der Waals surface area (Å²) in [5.74, 6) is 1.39. The van der Waals surface area contributed by atoms with Crippen LogP contribution in [-0.2, 0) is 4.74 Å². The molecule has 2 fully saturated rings. The third-order valence-corrected chi connectivity index (χ3v) is 7.03. The summed E-state index contributed by atoms with van der Waals surface area (Å²) in [5.41, 5.74) is 0.431. The van der Waals surface area contributed by atoms with Gasteiger partial charge in [0.1, 0.15) is 0 Å². The molecule has 0 aromatic heterocycles. The van der Waals surface area contributed by atoms with Gasteiger partial charge in [-0.1, -0.05) is 15.9 Å². The maximum Gasteiger partial charge on any atom is 0.336 e. The fourth-order valence-corrected chi connectivity index (χ4v) is 6.23. The average molecular weight is 389 g/mol. The van der Waals surface area contributed by atoms with Crippen molar-refractivity contribution in [2.45, 2.75) is 35.0 Å². The Labute approximate surface area is 141 Å². The van der Waals surface area contributed by atoms with Gasteiger partial charge in [0.15, 0.2) is 0 Å². The molecule has 1 aromatic carbocycles. The number of hydrogen-bond donors (Lipinski definition) is 1. The standard InChI is InChI=1S/C15H17BrO3S2/c16-10-1-2-12(14(17)18)13(7-10)21-11-3-5-19-15(8-11)4-6-20-9-15/h1-2,7,11H,3-6,8-9H2,(H,17,18). The molecule has 1 spiro atoms. The molecule has 2 aliphatic heterocycles. The quantitative estimate of drug-likeness (QED) is 0.836. The highest BCUT2D eigenvalue weighted by Crippen LogP contribution is 2.43. The number of ether oxygens (including phenoxy) is 1. The van der Waals surface area contributed by atoms with E-state index in [-0.39, 0.29) is 5.60 Å². The molecule has 6 heteroatoms. The third-order valence-electron chi connectivity index (χ3n) is 3.98. The molecule has 0 aliphatic carbocycles. The summed E-state index contributed by atoms with van der Waals surface area (Å²) < 4.78 is 6.96. The Bertz CT molecular complexity index is 544. The Balaban J connectivity index is 1.77. The number of carbonyl (C=O) groups is 1. The van der Waals surface area contributed by atoms with Crippen LogP contribution in [0.15, 0.2) is 27.6 Å². The van der Waals surface area contributed by atoms with Crippen molar-refractivity contribution in [3.63, 3.8) is 0 Å². The van der Waals surface area contributed by atoms with Gasteiger partial charge in [0, 0.05) is 27.0 Å². The van der Waals surface area contributed by atoms with Crippen LogP contribution in [0.2, 0.25) is 0 Å². The molecule has 2 aliphatic rings. The molecule has 1 aromatic rings. The summed E-state index contributed by atoms with van der Waals surface area (Å²) in [6.07, 6.45) is 3.14. The van der Waals surface area contributed by atoms with E-state index < -0.39 is 5.97 Å². The molecule has 0 bridgehead atoms. The van der Waals surface area contributed by atoms with E-state index >= 15 is 0 Å². The topological polar surface area (TPSA) is 46.5 Å². The summed E-state index contributed by atoms with van der Waals surface area (Å²) in [5, 5.41) is 9.77. The van der Waals surface area contributed by atoms with Crippen molar-refractivity contribution in [3.8, 4) is 0 Å². The van der Waals surface area contributed by atoms with Gasteiger partial charge in [0.25, 0.3) is 0 Å². The number of benzene rings is 1. The van der Waals surface area contributed by atoms with Gasteiger partial charge in [0.05, 0.1) is 11.2 Å². The predicted octanol–water partition coefficient (Wildman–Crippen LogP) is 4.29. The fourth-order valence-electron chi connectivity index (χ4n) is 2.90. The van der Waals surface area contributed by atoms with Gasteiger partial charge in [-0.2, -0.15) is 11.8 Å². The molecular formula is C15H17BrO3S2. The van der Waals surface area contributed by atoms with E-state index in [0.29, 0.717) is 10.8 Å². The summed E-state index contributed by atoms with van der Waals surface area (Å²) in [6.45, 7) is 0.786. The van der Waals surface area contributed by atoms with Crippen molar-refractivity contribution < 1.29 is 14.6 Å². The molecule has 1 N–H and O–H groups in total. The predicted molar refractivity (Wildman–Crippen MR) is 90.6 cm³/mol. The van der Waals surface area contributed by atoms with Crippen LogP contribution >= 0.6 is 39.5 Å². The Morgan fingerprint density at radius 2 is 2.38 bits per heavy atom. The second-order valence-corrected chi connectivity index (χ2v) is 8.88. The zero-order valence-corrected chi connectivity index (χ0v) is 14.7. The summed E-state index contributed by atoms with van der Waals surface area (Å²) in [7, 11) is 0. The van der Waals surface area contributed by atoms with Gasteiger partial charge in [-0.15, -0.1) is 11.8 Å². The number of carboxylic acids is 1. The third kappa shape index (κ3) is 3.60. The maximum atomic E-state index is 11.4. The minimum absolute atomic E-state index is 0.0377. The van der Waals surface area contributed by atoms with Crippen LogP contribution in [0.25, 0.3) is 0 Å². The van der Waals surface area contributed by atoms with Crippen molar-refractivity contribution in [2.24, 2.45) is 0 Å². The van der Waals surface area contributed by atoms with Crippen molar-refractivity contribution in [1.29, 1.82) is 0 Å². The second kappa shape index (κ2) is 6.52. The Kier molecular flexibility index (Phi) is 4.88. The van der Waals surface area contributed by atoms with E-state index in [1.54, 1.807) is 23.9 Å². The largest absolute Gasteiger partial charge is 0.478 e. The Morgan fingerprint density at radius 1 is 1.52 bits per heavy atom. The summed E-state index contributed by atoms with van der Waals surface area (Å²) in [4.78, 5) is 12.2. The Morgan fingerprint density at radius 3 is 3.10 bits per heavy atom. The first-order valence-corrected chi connectivity index (χ1v) is 9.82. The number of aromatic carboxylic acids is 1. The molecule has 2 saturated heterocycles. The van der Waals surface area contributed by atoms with Crippen LogP contribution < -0.4 is 0 Å². The van der Waals surface area contributed by atoms with E-state index in [0.717, 1.165) is 41.0 Å². The van der Waals surface area contributed by atoms with E-state index in [2.05, 4.69) is 15.9 Å². The minimum atomic E-state index is -0.858. The highest BCUT2D eigenvalue weighted by atomic mass is 79.9. The lowest BCUT2D eigenvalue weighted by molar-refractivity contribution is -0.0562. The highest BCUT2D eigenvalue weighted by molar-refractivity contribution is 9.10. The molecule has 0 amide bonds. The van der Waals surface area contributed by atoms with Gasteiger partial charge in [-0.3, -0.25) is 0 Å². The molecule has 21 heavy (non-hydrogen) atoms. The van der Waals surface area contributed by atoms with Gasteiger partial charge < -0.3 is 9.84 Å². The lowest BCUT2D eigenvalue weighted by Crippen LogP contribution is -2.40. The smallest absolute Gasteiger partial charge is 0.336 e. The molecule has 3 nitrogen and oxygen atoms in total.